The van der Waals surface area contributed by atoms with Gasteiger partial charge in [-0.2, -0.15) is 0 Å². The third kappa shape index (κ3) is 2.39. The number of halogens is 1. The second kappa shape index (κ2) is 3.70. The highest BCUT2D eigenvalue weighted by atomic mass is 35.5. The largest absolute Gasteiger partial charge is 0.397 e. The number of benzene rings is 1. The van der Waals surface area contributed by atoms with E-state index in [1.54, 1.807) is 6.07 Å². The van der Waals surface area contributed by atoms with Crippen LogP contribution in [0.15, 0.2) is 12.1 Å². The summed E-state index contributed by atoms with van der Waals surface area (Å²) in [6.07, 6.45) is 0. The maximum Gasteiger partial charge on any atom is 0.290 e. The molecule has 0 aliphatic carbocycles. The molecule has 0 unspecified atom stereocenters. The maximum atomic E-state index is 10.7. The normalized spacial score (nSPS) is 11.5. The molecule has 1 aromatic rings. The van der Waals surface area contributed by atoms with Gasteiger partial charge >= 0.3 is 0 Å². The highest BCUT2D eigenvalue weighted by Gasteiger charge is 2.22. The van der Waals surface area contributed by atoms with Gasteiger partial charge in [0.15, 0.2) is 0 Å². The fourth-order valence-corrected chi connectivity index (χ4v) is 1.38. The standard InChI is InChI=1S/C10H13ClN2O2/c1-10(2,3)6-4-7(12)9(11)8(5-6)13(14)15/h4-5H,12H2,1-3H3. The molecule has 1 aromatic carbocycles. The SMILES string of the molecule is CC(C)(C)c1cc(N)c(Cl)c([N+](=O)[O-])c1. The lowest BCUT2D eigenvalue weighted by atomic mass is 9.86. The van der Waals surface area contributed by atoms with Crippen LogP contribution in [0.1, 0.15) is 26.3 Å². The molecule has 0 bridgehead atoms. The van der Waals surface area contributed by atoms with Gasteiger partial charge in [0.2, 0.25) is 0 Å². The fourth-order valence-electron chi connectivity index (χ4n) is 1.20. The zero-order chi connectivity index (χ0) is 11.8. The summed E-state index contributed by atoms with van der Waals surface area (Å²) in [7, 11) is 0. The highest BCUT2D eigenvalue weighted by molar-refractivity contribution is 6.35. The summed E-state index contributed by atoms with van der Waals surface area (Å²) < 4.78 is 0. The van der Waals surface area contributed by atoms with Crippen LogP contribution >= 0.6 is 11.6 Å². The summed E-state index contributed by atoms with van der Waals surface area (Å²) in [5.74, 6) is 0. The van der Waals surface area contributed by atoms with E-state index in [0.717, 1.165) is 5.56 Å². The first-order valence-corrected chi connectivity index (χ1v) is 4.85. The van der Waals surface area contributed by atoms with Crippen LogP contribution in [0.25, 0.3) is 0 Å². The monoisotopic (exact) mass is 228 g/mol. The molecule has 0 aliphatic heterocycles. The summed E-state index contributed by atoms with van der Waals surface area (Å²) in [6, 6.07) is 3.15. The number of nitro benzene ring substituents is 1. The Kier molecular flexibility index (Phi) is 2.90. The van der Waals surface area contributed by atoms with Crippen LogP contribution < -0.4 is 5.73 Å². The molecule has 0 radical (unpaired) electrons. The first kappa shape index (κ1) is 11.8. The van der Waals surface area contributed by atoms with Gasteiger partial charge in [0.05, 0.1) is 10.6 Å². The number of nitrogens with two attached hydrogens (primary N) is 1. The van der Waals surface area contributed by atoms with Crippen LogP contribution in [0.4, 0.5) is 11.4 Å². The van der Waals surface area contributed by atoms with Crippen molar-refractivity contribution in [3.05, 3.63) is 32.8 Å². The first-order chi connectivity index (χ1) is 6.73. The minimum absolute atomic E-state index is 0.00741. The van der Waals surface area contributed by atoms with Crippen LogP contribution in [0, 0.1) is 10.1 Å². The Morgan fingerprint density at radius 1 is 1.40 bits per heavy atom. The number of hydrogen-bond acceptors (Lipinski definition) is 3. The molecule has 0 saturated heterocycles. The molecule has 82 valence electrons. The molecule has 15 heavy (non-hydrogen) atoms. The Bertz CT molecular complexity index is 411. The molecule has 0 aliphatic rings. The second-order valence-electron chi connectivity index (χ2n) is 4.41. The number of nitro groups is 1. The molecule has 0 spiro atoms. The van der Waals surface area contributed by atoms with Gasteiger partial charge < -0.3 is 5.73 Å². The van der Waals surface area contributed by atoms with Gasteiger partial charge in [-0.15, -0.1) is 0 Å². The van der Waals surface area contributed by atoms with Crippen molar-refractivity contribution in [3.8, 4) is 0 Å². The van der Waals surface area contributed by atoms with Gasteiger partial charge in [-0.1, -0.05) is 32.4 Å². The van der Waals surface area contributed by atoms with E-state index in [0.29, 0.717) is 0 Å². The van der Waals surface area contributed by atoms with Crippen LogP contribution in [-0.2, 0) is 5.41 Å². The van der Waals surface area contributed by atoms with Gasteiger partial charge in [-0.05, 0) is 17.0 Å². The van der Waals surface area contributed by atoms with Gasteiger partial charge in [-0.3, -0.25) is 10.1 Å². The maximum absolute atomic E-state index is 10.7. The molecule has 0 heterocycles. The number of hydrogen-bond donors (Lipinski definition) is 1. The highest BCUT2D eigenvalue weighted by Crippen LogP contribution is 2.35. The topological polar surface area (TPSA) is 69.2 Å². The molecular weight excluding hydrogens is 216 g/mol. The Morgan fingerprint density at radius 3 is 2.33 bits per heavy atom. The van der Waals surface area contributed by atoms with Crippen LogP contribution in [-0.4, -0.2) is 4.92 Å². The van der Waals surface area contributed by atoms with Crippen molar-refractivity contribution in [1.29, 1.82) is 0 Å². The van der Waals surface area contributed by atoms with Gasteiger partial charge in [0.25, 0.3) is 5.69 Å². The van der Waals surface area contributed by atoms with E-state index in [4.69, 9.17) is 17.3 Å². The van der Waals surface area contributed by atoms with Gasteiger partial charge in [-0.25, -0.2) is 0 Å². The van der Waals surface area contributed by atoms with Crippen molar-refractivity contribution in [2.75, 3.05) is 5.73 Å². The van der Waals surface area contributed by atoms with Gasteiger partial charge in [0.1, 0.15) is 5.02 Å². The number of anilines is 1. The minimum Gasteiger partial charge on any atom is -0.397 e. The van der Waals surface area contributed by atoms with E-state index in [1.165, 1.54) is 6.07 Å². The number of nitrogens with zero attached hydrogens (tertiary/aromatic N) is 1. The number of nitrogen functional groups attached to an aromatic ring is 1. The summed E-state index contributed by atoms with van der Waals surface area (Å²) in [5, 5.41) is 10.7. The van der Waals surface area contributed by atoms with Crippen molar-refractivity contribution >= 4 is 23.0 Å². The average molecular weight is 229 g/mol. The molecular formula is C10H13ClN2O2. The Hall–Kier alpha value is -1.29. The van der Waals surface area contributed by atoms with Crippen molar-refractivity contribution in [3.63, 3.8) is 0 Å². The summed E-state index contributed by atoms with van der Waals surface area (Å²) in [6.45, 7) is 5.87. The van der Waals surface area contributed by atoms with E-state index < -0.39 is 4.92 Å². The fraction of sp³-hybridized carbons (Fsp3) is 0.400. The van der Waals surface area contributed by atoms with Crippen molar-refractivity contribution in [1.82, 2.24) is 0 Å². The Morgan fingerprint density at radius 2 is 1.93 bits per heavy atom. The van der Waals surface area contributed by atoms with E-state index in [-0.39, 0.29) is 21.8 Å². The zero-order valence-electron chi connectivity index (χ0n) is 8.87. The first-order valence-electron chi connectivity index (χ1n) is 4.47. The van der Waals surface area contributed by atoms with Crippen molar-refractivity contribution < 1.29 is 4.92 Å². The summed E-state index contributed by atoms with van der Waals surface area (Å²) in [5.41, 5.74) is 6.34. The van der Waals surface area contributed by atoms with Crippen molar-refractivity contribution in [2.24, 2.45) is 0 Å². The van der Waals surface area contributed by atoms with Crippen LogP contribution in [0.2, 0.25) is 5.02 Å². The predicted octanol–water partition coefficient (Wildman–Crippen LogP) is 3.13. The van der Waals surface area contributed by atoms with Crippen LogP contribution in [0.3, 0.4) is 0 Å². The predicted molar refractivity (Wildman–Crippen MR) is 61.2 cm³/mol. The van der Waals surface area contributed by atoms with E-state index in [2.05, 4.69) is 0 Å². The lowest BCUT2D eigenvalue weighted by Crippen LogP contribution is -2.12. The lowest BCUT2D eigenvalue weighted by molar-refractivity contribution is -0.384. The minimum atomic E-state index is -0.520. The van der Waals surface area contributed by atoms with E-state index in [1.807, 2.05) is 20.8 Å². The smallest absolute Gasteiger partial charge is 0.290 e. The molecule has 0 aromatic heterocycles. The molecule has 5 heteroatoms. The van der Waals surface area contributed by atoms with Crippen LogP contribution in [0.5, 0.6) is 0 Å². The summed E-state index contributed by atoms with van der Waals surface area (Å²) in [4.78, 5) is 10.2. The van der Waals surface area contributed by atoms with E-state index >= 15 is 0 Å². The molecule has 0 fully saturated rings. The number of rotatable bonds is 1. The molecule has 0 amide bonds. The molecule has 1 rings (SSSR count). The molecule has 0 atom stereocenters. The third-order valence-electron chi connectivity index (χ3n) is 2.14. The molecule has 2 N–H and O–H groups in total. The van der Waals surface area contributed by atoms with Crippen molar-refractivity contribution in [2.45, 2.75) is 26.2 Å². The molecule has 4 nitrogen and oxygen atoms in total. The Labute approximate surface area is 93.2 Å². The van der Waals surface area contributed by atoms with E-state index in [9.17, 15) is 10.1 Å². The second-order valence-corrected chi connectivity index (χ2v) is 4.78. The quantitative estimate of drug-likeness (QED) is 0.456. The average Bonchev–Trinajstić information content (AvgIpc) is 2.06. The zero-order valence-corrected chi connectivity index (χ0v) is 9.63. The molecule has 0 saturated carbocycles. The lowest BCUT2D eigenvalue weighted by Gasteiger charge is -2.19. The van der Waals surface area contributed by atoms with Gasteiger partial charge in [0, 0.05) is 6.07 Å². The third-order valence-corrected chi connectivity index (χ3v) is 2.56. The summed E-state index contributed by atoms with van der Waals surface area (Å²) >= 11 is 5.74. The Balaban J connectivity index is 3.43.